The molecule has 4 N–H and O–H groups in total. The second-order valence-electron chi connectivity index (χ2n) is 6.44. The van der Waals surface area contributed by atoms with Gasteiger partial charge in [-0.1, -0.05) is 52.5 Å². The maximum Gasteiger partial charge on any atom is 0.355 e. The fourth-order valence-corrected chi connectivity index (χ4v) is 3.83. The summed E-state index contributed by atoms with van der Waals surface area (Å²) in [7, 11) is 0. The molecule has 0 heterocycles. The first-order valence-electron chi connectivity index (χ1n) is 8.53. The van der Waals surface area contributed by atoms with Crippen LogP contribution in [0.5, 0.6) is 0 Å². The molecule has 32 heavy (non-hydrogen) atoms. The molecule has 1 aromatic rings. The minimum absolute atomic E-state index is 0.209. The number of carbonyl (C=O) groups is 4. The summed E-state index contributed by atoms with van der Waals surface area (Å²) < 4.78 is 11.3. The van der Waals surface area contributed by atoms with Gasteiger partial charge in [0.1, 0.15) is 5.82 Å². The van der Waals surface area contributed by atoms with Gasteiger partial charge in [-0.3, -0.25) is 14.5 Å². The van der Waals surface area contributed by atoms with Crippen LogP contribution in [0.25, 0.3) is 0 Å². The minimum atomic E-state index is -2.99. The number of carboxylic acids is 4. The van der Waals surface area contributed by atoms with E-state index in [9.17, 15) is 33.8 Å². The van der Waals surface area contributed by atoms with E-state index in [1.54, 1.807) is 0 Å². The first kappa shape index (κ1) is 28.1. The van der Waals surface area contributed by atoms with E-state index in [-0.39, 0.29) is 10.6 Å². The fourth-order valence-electron chi connectivity index (χ4n) is 2.72. The number of hydrogen-bond donors (Lipinski definition) is 4. The number of hydrogen-bond acceptors (Lipinski definition) is 6. The highest BCUT2D eigenvalue weighted by Crippen LogP contribution is 2.39. The summed E-state index contributed by atoms with van der Waals surface area (Å²) in [6.45, 7) is -2.83. The third-order valence-corrected chi connectivity index (χ3v) is 5.77. The van der Waals surface area contributed by atoms with E-state index in [2.05, 4.69) is 0 Å². The Morgan fingerprint density at radius 1 is 0.906 bits per heavy atom. The normalized spacial score (nSPS) is 13.7. The summed E-state index contributed by atoms with van der Waals surface area (Å²) in [4.78, 5) is 44.2. The van der Waals surface area contributed by atoms with Gasteiger partial charge in [0.2, 0.25) is 5.00 Å². The zero-order chi connectivity index (χ0) is 24.9. The molecule has 1 aromatic carbocycles. The van der Waals surface area contributed by atoms with Gasteiger partial charge in [0.05, 0.1) is 13.1 Å². The molecule has 0 radical (unpaired) electrons. The molecule has 1 unspecified atom stereocenters. The Labute approximate surface area is 200 Å². The van der Waals surface area contributed by atoms with Crippen molar-refractivity contribution in [2.45, 2.75) is 15.9 Å². The standard InChI is InChI=1S/C17H17Cl4FN2O8/c18-10-2-1-3-11(22)9(10)6-16(19,14(29)30)24(17(20,21)15(31)32)5-4-23(7-12(25)26)8-13(27)28/h1-3H,4-8H2,(H,25,26)(H,27,28)(H,29,30)(H,31,32). The van der Waals surface area contributed by atoms with E-state index in [0.29, 0.717) is 4.90 Å². The maximum atomic E-state index is 14.3. The van der Waals surface area contributed by atoms with Crippen LogP contribution in [0.15, 0.2) is 18.2 Å². The lowest BCUT2D eigenvalue weighted by Crippen LogP contribution is -2.62. The Kier molecular flexibility index (Phi) is 9.94. The summed E-state index contributed by atoms with van der Waals surface area (Å²) in [5.41, 5.74) is -0.376. The van der Waals surface area contributed by atoms with Gasteiger partial charge in [0.25, 0.3) is 4.46 Å². The number of benzene rings is 1. The first-order valence-corrected chi connectivity index (χ1v) is 10.0. The molecule has 0 aliphatic carbocycles. The van der Waals surface area contributed by atoms with Crippen LogP contribution in [-0.4, -0.2) is 89.7 Å². The average molecular weight is 538 g/mol. The van der Waals surface area contributed by atoms with Crippen molar-refractivity contribution in [3.8, 4) is 0 Å². The molecule has 0 fully saturated rings. The van der Waals surface area contributed by atoms with Crippen molar-refractivity contribution in [1.29, 1.82) is 0 Å². The summed E-state index contributed by atoms with van der Waals surface area (Å²) in [6.07, 6.45) is -0.901. The lowest BCUT2D eigenvalue weighted by molar-refractivity contribution is -0.153. The molecule has 178 valence electrons. The molecule has 10 nitrogen and oxygen atoms in total. The number of halogens is 5. The van der Waals surface area contributed by atoms with Gasteiger partial charge in [-0.25, -0.2) is 18.9 Å². The maximum absolute atomic E-state index is 14.3. The van der Waals surface area contributed by atoms with E-state index in [1.165, 1.54) is 12.1 Å². The zero-order valence-electron chi connectivity index (χ0n) is 16.0. The van der Waals surface area contributed by atoms with Crippen LogP contribution < -0.4 is 0 Å². The zero-order valence-corrected chi connectivity index (χ0v) is 19.0. The second-order valence-corrected chi connectivity index (χ2v) is 8.76. The highest BCUT2D eigenvalue weighted by atomic mass is 35.5. The fraction of sp³-hybridized carbons (Fsp3) is 0.412. The molecule has 0 saturated carbocycles. The van der Waals surface area contributed by atoms with Crippen molar-refractivity contribution in [3.63, 3.8) is 0 Å². The van der Waals surface area contributed by atoms with Gasteiger partial charge in [-0.15, -0.1) is 0 Å². The molecular formula is C17H17Cl4FN2O8. The molecule has 0 aliphatic heterocycles. The molecule has 15 heteroatoms. The smallest absolute Gasteiger partial charge is 0.355 e. The molecule has 0 amide bonds. The average Bonchev–Trinajstić information content (AvgIpc) is 2.63. The van der Waals surface area contributed by atoms with Gasteiger partial charge < -0.3 is 20.4 Å². The third kappa shape index (κ3) is 7.06. The molecule has 0 aliphatic rings. The van der Waals surface area contributed by atoms with Gasteiger partial charge in [0.15, 0.2) is 0 Å². The quantitative estimate of drug-likeness (QED) is 0.217. The van der Waals surface area contributed by atoms with E-state index in [0.717, 1.165) is 11.0 Å². The summed E-state index contributed by atoms with van der Waals surface area (Å²) in [5.74, 6) is -7.56. The van der Waals surface area contributed by atoms with Gasteiger partial charge in [-0.2, -0.15) is 0 Å². The Morgan fingerprint density at radius 2 is 1.44 bits per heavy atom. The highest BCUT2D eigenvalue weighted by molar-refractivity contribution is 6.57. The van der Waals surface area contributed by atoms with Crippen LogP contribution in [0, 0.1) is 5.82 Å². The molecule has 0 spiro atoms. The van der Waals surface area contributed by atoms with Crippen molar-refractivity contribution < 1.29 is 44.0 Å². The largest absolute Gasteiger partial charge is 0.480 e. The van der Waals surface area contributed by atoms with Crippen molar-refractivity contribution >= 4 is 70.3 Å². The van der Waals surface area contributed by atoms with Crippen LogP contribution in [0.4, 0.5) is 4.39 Å². The predicted octanol–water partition coefficient (Wildman–Crippen LogP) is 2.03. The third-order valence-electron chi connectivity index (χ3n) is 4.18. The summed E-state index contributed by atoms with van der Waals surface area (Å²) >= 11 is 23.9. The van der Waals surface area contributed by atoms with Gasteiger partial charge in [-0.05, 0) is 12.1 Å². The lowest BCUT2D eigenvalue weighted by atomic mass is 10.0. The highest BCUT2D eigenvalue weighted by Gasteiger charge is 2.55. The summed E-state index contributed by atoms with van der Waals surface area (Å²) in [5, 5.41) is 36.9. The number of alkyl halides is 3. The summed E-state index contributed by atoms with van der Waals surface area (Å²) in [6, 6.07) is 3.46. The lowest BCUT2D eigenvalue weighted by Gasteiger charge is -2.41. The topological polar surface area (TPSA) is 156 Å². The Morgan fingerprint density at radius 3 is 1.84 bits per heavy atom. The molecule has 0 bridgehead atoms. The Hall–Kier alpha value is -1.89. The minimum Gasteiger partial charge on any atom is -0.480 e. The van der Waals surface area contributed by atoms with Crippen LogP contribution in [0.1, 0.15) is 5.56 Å². The second kappa shape index (κ2) is 11.3. The van der Waals surface area contributed by atoms with Crippen molar-refractivity contribution in [3.05, 3.63) is 34.6 Å². The Bertz CT molecular complexity index is 867. The number of rotatable bonds is 13. The van der Waals surface area contributed by atoms with Crippen molar-refractivity contribution in [2.24, 2.45) is 0 Å². The molecule has 0 aromatic heterocycles. The molecule has 1 atom stereocenters. The number of nitrogens with zero attached hydrogens (tertiary/aromatic N) is 2. The van der Waals surface area contributed by atoms with E-state index in [1.807, 2.05) is 0 Å². The number of carboxylic acid groups (broad SMARTS) is 4. The molecule has 0 saturated heterocycles. The van der Waals surface area contributed by atoms with E-state index in [4.69, 9.17) is 56.6 Å². The Balaban J connectivity index is 3.45. The van der Waals surface area contributed by atoms with Crippen molar-refractivity contribution in [1.82, 2.24) is 9.80 Å². The van der Waals surface area contributed by atoms with Gasteiger partial charge >= 0.3 is 23.9 Å². The first-order chi connectivity index (χ1) is 14.6. The van der Waals surface area contributed by atoms with Crippen LogP contribution in [0.3, 0.4) is 0 Å². The van der Waals surface area contributed by atoms with Crippen LogP contribution in [0.2, 0.25) is 5.02 Å². The SMILES string of the molecule is O=C(O)CN(CCN(C(Cl)(Cl)C(=O)O)C(Cl)(Cc1c(F)cccc1Cl)C(=O)O)CC(=O)O. The van der Waals surface area contributed by atoms with Gasteiger partial charge in [0, 0.05) is 30.1 Å². The van der Waals surface area contributed by atoms with Crippen LogP contribution >= 0.6 is 46.4 Å². The number of aliphatic carboxylic acids is 4. The van der Waals surface area contributed by atoms with E-state index < -0.39 is 71.7 Å². The van der Waals surface area contributed by atoms with Crippen LogP contribution in [-0.2, 0) is 25.6 Å². The molecule has 1 rings (SSSR count). The monoisotopic (exact) mass is 536 g/mol. The predicted molar refractivity (Wildman–Crippen MR) is 112 cm³/mol. The van der Waals surface area contributed by atoms with Crippen molar-refractivity contribution in [2.75, 3.05) is 26.2 Å². The molecular weight excluding hydrogens is 521 g/mol. The van der Waals surface area contributed by atoms with E-state index >= 15 is 0 Å².